The molecule has 1 saturated carbocycles. The lowest BCUT2D eigenvalue weighted by atomic mass is 9.96. The molecule has 0 spiro atoms. The average Bonchev–Trinajstić information content (AvgIpc) is 2.16. The summed E-state index contributed by atoms with van der Waals surface area (Å²) in [5, 5.41) is 0. The predicted molar refractivity (Wildman–Crippen MR) is 52.3 cm³/mol. The predicted octanol–water partition coefficient (Wildman–Crippen LogP) is 0.831. The Balaban J connectivity index is 1.83. The van der Waals surface area contributed by atoms with Crippen molar-refractivity contribution < 1.29 is 4.74 Å². The fourth-order valence-corrected chi connectivity index (χ4v) is 1.24. The quantitative estimate of drug-likeness (QED) is 0.548. The molecule has 0 aromatic carbocycles. The molecule has 0 atom stereocenters. The van der Waals surface area contributed by atoms with E-state index in [1.54, 1.807) is 12.4 Å². The third kappa shape index (κ3) is 2.18. The Morgan fingerprint density at radius 1 is 1.43 bits per heavy atom. The second-order valence-corrected chi connectivity index (χ2v) is 3.40. The number of nitrogens with one attached hydrogen (secondary N) is 1. The topological polar surface area (TPSA) is 73.1 Å². The molecule has 0 amide bonds. The molecule has 1 aliphatic rings. The van der Waals surface area contributed by atoms with Crippen LogP contribution in [0.3, 0.4) is 0 Å². The highest BCUT2D eigenvalue weighted by atomic mass is 16.5. The second kappa shape index (κ2) is 4.34. The zero-order valence-corrected chi connectivity index (χ0v) is 7.94. The highest BCUT2D eigenvalue weighted by molar-refractivity contribution is 5.28. The van der Waals surface area contributed by atoms with Crippen molar-refractivity contribution in [1.82, 2.24) is 9.97 Å². The van der Waals surface area contributed by atoms with E-state index in [2.05, 4.69) is 15.4 Å². The van der Waals surface area contributed by atoms with Crippen molar-refractivity contribution in [3.63, 3.8) is 0 Å². The van der Waals surface area contributed by atoms with Crippen molar-refractivity contribution in [3.8, 4) is 0 Å². The fourth-order valence-electron chi connectivity index (χ4n) is 1.24. The Morgan fingerprint density at radius 2 is 2.29 bits per heavy atom. The lowest BCUT2D eigenvalue weighted by molar-refractivity contribution is -0.0102. The van der Waals surface area contributed by atoms with Crippen LogP contribution in [0.5, 0.6) is 0 Å². The van der Waals surface area contributed by atoms with Crippen molar-refractivity contribution in [2.45, 2.75) is 32.0 Å². The number of nitrogens with zero attached hydrogens (tertiary/aromatic N) is 2. The average molecular weight is 194 g/mol. The lowest BCUT2D eigenvalue weighted by Gasteiger charge is -2.25. The van der Waals surface area contributed by atoms with Crippen LogP contribution in [0.1, 0.15) is 25.0 Å². The van der Waals surface area contributed by atoms with Gasteiger partial charge in [0.15, 0.2) is 5.82 Å². The van der Waals surface area contributed by atoms with E-state index in [4.69, 9.17) is 10.6 Å². The molecule has 0 radical (unpaired) electrons. The van der Waals surface area contributed by atoms with Gasteiger partial charge in [-0.2, -0.15) is 0 Å². The molecular weight excluding hydrogens is 180 g/mol. The van der Waals surface area contributed by atoms with E-state index in [0.717, 1.165) is 5.69 Å². The summed E-state index contributed by atoms with van der Waals surface area (Å²) in [4.78, 5) is 8.19. The molecule has 0 aliphatic heterocycles. The van der Waals surface area contributed by atoms with Crippen LogP contribution in [0.15, 0.2) is 12.4 Å². The molecule has 1 aromatic rings. The van der Waals surface area contributed by atoms with E-state index >= 15 is 0 Å². The van der Waals surface area contributed by atoms with Gasteiger partial charge in [-0.05, 0) is 19.3 Å². The standard InChI is InChI=1S/C9H14N4O/c10-13-9-5-11-7(4-12-9)6-14-8-2-1-3-8/h4-5,8H,1-3,6,10H2,(H,12,13). The highest BCUT2D eigenvalue weighted by Crippen LogP contribution is 2.22. The van der Waals surface area contributed by atoms with Crippen LogP contribution in [0.25, 0.3) is 0 Å². The first-order chi connectivity index (χ1) is 6.88. The molecule has 1 aromatic heterocycles. The zero-order chi connectivity index (χ0) is 9.80. The number of rotatable bonds is 4. The first-order valence-corrected chi connectivity index (χ1v) is 4.77. The van der Waals surface area contributed by atoms with E-state index < -0.39 is 0 Å². The normalized spacial score (nSPS) is 16.4. The number of ether oxygens (including phenoxy) is 1. The number of aromatic nitrogens is 2. The molecule has 1 heterocycles. The van der Waals surface area contributed by atoms with Crippen molar-refractivity contribution in [2.24, 2.45) is 5.84 Å². The van der Waals surface area contributed by atoms with Crippen LogP contribution in [-0.2, 0) is 11.3 Å². The molecule has 0 bridgehead atoms. The molecule has 0 saturated heterocycles. The van der Waals surface area contributed by atoms with Gasteiger partial charge < -0.3 is 10.2 Å². The molecule has 2 rings (SSSR count). The summed E-state index contributed by atoms with van der Waals surface area (Å²) in [6.07, 6.45) is 7.34. The summed E-state index contributed by atoms with van der Waals surface area (Å²) in [6, 6.07) is 0. The molecular formula is C9H14N4O. The maximum absolute atomic E-state index is 5.58. The van der Waals surface area contributed by atoms with Gasteiger partial charge in [-0.3, -0.25) is 4.98 Å². The highest BCUT2D eigenvalue weighted by Gasteiger charge is 2.17. The van der Waals surface area contributed by atoms with Gasteiger partial charge >= 0.3 is 0 Å². The first-order valence-electron chi connectivity index (χ1n) is 4.77. The summed E-state index contributed by atoms with van der Waals surface area (Å²) >= 11 is 0. The van der Waals surface area contributed by atoms with Crippen LogP contribution in [0.4, 0.5) is 5.82 Å². The van der Waals surface area contributed by atoms with Gasteiger partial charge in [-0.15, -0.1) is 0 Å². The fraction of sp³-hybridized carbons (Fsp3) is 0.556. The van der Waals surface area contributed by atoms with Crippen molar-refractivity contribution >= 4 is 5.82 Å². The number of hydrazine groups is 1. The van der Waals surface area contributed by atoms with Crippen LogP contribution in [-0.4, -0.2) is 16.1 Å². The SMILES string of the molecule is NNc1cnc(COC2CCC2)cn1. The Kier molecular flexibility index (Phi) is 2.90. The van der Waals surface area contributed by atoms with Crippen LogP contribution >= 0.6 is 0 Å². The summed E-state index contributed by atoms with van der Waals surface area (Å²) < 4.78 is 5.58. The van der Waals surface area contributed by atoms with Gasteiger partial charge in [0.2, 0.25) is 0 Å². The van der Waals surface area contributed by atoms with E-state index in [1.165, 1.54) is 19.3 Å². The van der Waals surface area contributed by atoms with Gasteiger partial charge in [-0.25, -0.2) is 10.8 Å². The van der Waals surface area contributed by atoms with Gasteiger partial charge in [0.1, 0.15) is 0 Å². The van der Waals surface area contributed by atoms with Crippen LogP contribution < -0.4 is 11.3 Å². The minimum Gasteiger partial charge on any atom is -0.372 e. The summed E-state index contributed by atoms with van der Waals surface area (Å²) in [5.74, 6) is 5.74. The maximum atomic E-state index is 5.58. The molecule has 1 fully saturated rings. The minimum atomic E-state index is 0.434. The number of anilines is 1. The molecule has 5 nitrogen and oxygen atoms in total. The molecule has 76 valence electrons. The van der Waals surface area contributed by atoms with E-state index in [-0.39, 0.29) is 0 Å². The lowest BCUT2D eigenvalue weighted by Crippen LogP contribution is -2.21. The molecule has 3 N–H and O–H groups in total. The van der Waals surface area contributed by atoms with Gasteiger partial charge in [-0.1, -0.05) is 0 Å². The molecule has 14 heavy (non-hydrogen) atoms. The Hall–Kier alpha value is -1.20. The van der Waals surface area contributed by atoms with Crippen molar-refractivity contribution in [2.75, 3.05) is 5.43 Å². The van der Waals surface area contributed by atoms with Crippen LogP contribution in [0, 0.1) is 0 Å². The van der Waals surface area contributed by atoms with Crippen molar-refractivity contribution in [3.05, 3.63) is 18.1 Å². The third-order valence-corrected chi connectivity index (χ3v) is 2.37. The van der Waals surface area contributed by atoms with E-state index in [9.17, 15) is 0 Å². The van der Waals surface area contributed by atoms with E-state index in [0.29, 0.717) is 18.5 Å². The smallest absolute Gasteiger partial charge is 0.158 e. The number of nitrogens with two attached hydrogens (primary N) is 1. The maximum Gasteiger partial charge on any atom is 0.158 e. The zero-order valence-electron chi connectivity index (χ0n) is 7.94. The number of hydrogen-bond acceptors (Lipinski definition) is 5. The van der Waals surface area contributed by atoms with Crippen molar-refractivity contribution in [1.29, 1.82) is 0 Å². The Bertz CT molecular complexity index is 283. The molecule has 5 heteroatoms. The second-order valence-electron chi connectivity index (χ2n) is 3.40. The minimum absolute atomic E-state index is 0.434. The summed E-state index contributed by atoms with van der Waals surface area (Å²) in [6.45, 7) is 0.544. The summed E-state index contributed by atoms with van der Waals surface area (Å²) in [5.41, 5.74) is 3.27. The first kappa shape index (κ1) is 9.36. The number of nitrogen functional groups attached to an aromatic ring is 1. The monoisotopic (exact) mass is 194 g/mol. The van der Waals surface area contributed by atoms with Gasteiger partial charge in [0.05, 0.1) is 30.8 Å². The largest absolute Gasteiger partial charge is 0.372 e. The van der Waals surface area contributed by atoms with Gasteiger partial charge in [0, 0.05) is 0 Å². The molecule has 0 unspecified atom stereocenters. The number of hydrogen-bond donors (Lipinski definition) is 2. The third-order valence-electron chi connectivity index (χ3n) is 2.37. The molecule has 1 aliphatic carbocycles. The summed E-state index contributed by atoms with van der Waals surface area (Å²) in [7, 11) is 0. The van der Waals surface area contributed by atoms with E-state index in [1.807, 2.05) is 0 Å². The van der Waals surface area contributed by atoms with Crippen LogP contribution in [0.2, 0.25) is 0 Å². The van der Waals surface area contributed by atoms with Gasteiger partial charge in [0.25, 0.3) is 0 Å². The Morgan fingerprint density at radius 3 is 2.79 bits per heavy atom. The Labute approximate surface area is 82.7 Å².